The van der Waals surface area contributed by atoms with E-state index in [-0.39, 0.29) is 0 Å². The number of hydrogen-bond donors (Lipinski definition) is 0. The Kier molecular flexibility index (Phi) is 4.86. The van der Waals surface area contributed by atoms with Crippen LogP contribution in [0.4, 0.5) is 5.95 Å². The van der Waals surface area contributed by atoms with Gasteiger partial charge in [0, 0.05) is 44.4 Å². The normalized spacial score (nSPS) is 16.6. The van der Waals surface area contributed by atoms with Crippen molar-refractivity contribution < 1.29 is 4.74 Å². The Labute approximate surface area is 136 Å². The van der Waals surface area contributed by atoms with Crippen molar-refractivity contribution in [3.63, 3.8) is 0 Å². The fourth-order valence-electron chi connectivity index (χ4n) is 2.86. The number of aromatic nitrogens is 2. The number of anilines is 1. The van der Waals surface area contributed by atoms with E-state index in [1.807, 2.05) is 19.1 Å². The van der Waals surface area contributed by atoms with Crippen molar-refractivity contribution in [2.75, 3.05) is 51.3 Å². The zero-order valence-electron chi connectivity index (χ0n) is 13.3. The molecule has 0 spiro atoms. The number of nitrogens with zero attached hydrogens (tertiary/aromatic N) is 4. The van der Waals surface area contributed by atoms with Gasteiger partial charge in [-0.2, -0.15) is 0 Å². The highest BCUT2D eigenvalue weighted by atomic mass is 35.5. The molecule has 1 aliphatic heterocycles. The first kappa shape index (κ1) is 15.6. The third kappa shape index (κ3) is 3.21. The van der Waals surface area contributed by atoms with Crippen LogP contribution >= 0.6 is 11.6 Å². The number of imidazole rings is 1. The quantitative estimate of drug-likeness (QED) is 0.792. The summed E-state index contributed by atoms with van der Waals surface area (Å²) in [6, 6.07) is 5.92. The van der Waals surface area contributed by atoms with Gasteiger partial charge in [0.1, 0.15) is 0 Å². The van der Waals surface area contributed by atoms with Crippen molar-refractivity contribution in [3.05, 3.63) is 23.2 Å². The Morgan fingerprint density at radius 1 is 1.23 bits per heavy atom. The minimum atomic E-state index is 0.700. The standard InChI is InChI=1S/C16H23ClN4O/c1-3-22-11-10-21-15-5-4-13(17)12-14(15)18-16(21)20-8-6-19(2)7-9-20/h4-5,12H,3,6-11H2,1-2H3. The maximum atomic E-state index is 6.12. The SMILES string of the molecule is CCOCCn1c(N2CCN(C)CC2)nc2cc(Cl)ccc21. The first-order valence-corrected chi connectivity index (χ1v) is 8.24. The zero-order valence-corrected chi connectivity index (χ0v) is 14.0. The number of rotatable bonds is 5. The summed E-state index contributed by atoms with van der Waals surface area (Å²) in [5.41, 5.74) is 2.08. The van der Waals surface area contributed by atoms with Crippen LogP contribution in [0.5, 0.6) is 0 Å². The van der Waals surface area contributed by atoms with Gasteiger partial charge >= 0.3 is 0 Å². The van der Waals surface area contributed by atoms with Gasteiger partial charge in [0.15, 0.2) is 0 Å². The van der Waals surface area contributed by atoms with Crippen LogP contribution in [0.2, 0.25) is 5.02 Å². The lowest BCUT2D eigenvalue weighted by Crippen LogP contribution is -2.45. The van der Waals surface area contributed by atoms with Gasteiger partial charge in [0.25, 0.3) is 0 Å². The number of likely N-dealkylation sites (N-methyl/N-ethyl adjacent to an activating group) is 1. The van der Waals surface area contributed by atoms with Gasteiger partial charge in [-0.3, -0.25) is 0 Å². The van der Waals surface area contributed by atoms with Gasteiger partial charge in [-0.05, 0) is 32.2 Å². The van der Waals surface area contributed by atoms with Gasteiger partial charge in [-0.1, -0.05) is 11.6 Å². The molecule has 120 valence electrons. The molecule has 0 bridgehead atoms. The second-order valence-corrected chi connectivity index (χ2v) is 6.12. The second-order valence-electron chi connectivity index (χ2n) is 5.68. The molecule has 2 heterocycles. The molecule has 0 saturated carbocycles. The van der Waals surface area contributed by atoms with Crippen LogP contribution in [0.25, 0.3) is 11.0 Å². The lowest BCUT2D eigenvalue weighted by atomic mass is 10.3. The lowest BCUT2D eigenvalue weighted by molar-refractivity contribution is 0.140. The van der Waals surface area contributed by atoms with Crippen LogP contribution in [0.3, 0.4) is 0 Å². The minimum absolute atomic E-state index is 0.700. The molecule has 2 aromatic rings. The fourth-order valence-corrected chi connectivity index (χ4v) is 3.03. The van der Waals surface area contributed by atoms with Crippen LogP contribution in [0.15, 0.2) is 18.2 Å². The van der Waals surface area contributed by atoms with E-state index >= 15 is 0 Å². The molecule has 6 heteroatoms. The molecule has 0 atom stereocenters. The molecule has 1 saturated heterocycles. The molecule has 1 aromatic carbocycles. The van der Waals surface area contributed by atoms with Gasteiger partial charge < -0.3 is 19.1 Å². The first-order chi connectivity index (χ1) is 10.7. The zero-order chi connectivity index (χ0) is 15.5. The van der Waals surface area contributed by atoms with Crippen molar-refractivity contribution in [2.45, 2.75) is 13.5 Å². The molecule has 0 unspecified atom stereocenters. The lowest BCUT2D eigenvalue weighted by Gasteiger charge is -2.33. The van der Waals surface area contributed by atoms with Crippen LogP contribution in [-0.4, -0.2) is 60.9 Å². The van der Waals surface area contributed by atoms with Gasteiger partial charge in [0.05, 0.1) is 17.6 Å². The Bertz CT molecular complexity index is 634. The van der Waals surface area contributed by atoms with Crippen LogP contribution in [0.1, 0.15) is 6.92 Å². The number of halogens is 1. The number of hydrogen-bond acceptors (Lipinski definition) is 4. The number of piperazine rings is 1. The molecule has 1 fully saturated rings. The van der Waals surface area contributed by atoms with Crippen molar-refractivity contribution in [3.8, 4) is 0 Å². The maximum absolute atomic E-state index is 6.12. The average molecular weight is 323 g/mol. The van der Waals surface area contributed by atoms with Gasteiger partial charge in [-0.15, -0.1) is 0 Å². The van der Waals surface area contributed by atoms with Crippen LogP contribution in [0, 0.1) is 0 Å². The third-order valence-electron chi connectivity index (χ3n) is 4.14. The highest BCUT2D eigenvalue weighted by molar-refractivity contribution is 6.31. The smallest absolute Gasteiger partial charge is 0.206 e. The van der Waals surface area contributed by atoms with Gasteiger partial charge in [-0.25, -0.2) is 4.98 Å². The molecule has 0 radical (unpaired) electrons. The molecule has 22 heavy (non-hydrogen) atoms. The van der Waals surface area contributed by atoms with Crippen molar-refractivity contribution >= 4 is 28.6 Å². The van der Waals surface area contributed by atoms with Crippen molar-refractivity contribution in [2.24, 2.45) is 0 Å². The van der Waals surface area contributed by atoms with E-state index in [9.17, 15) is 0 Å². The van der Waals surface area contributed by atoms with Crippen LogP contribution in [-0.2, 0) is 11.3 Å². The Hall–Kier alpha value is -1.30. The van der Waals surface area contributed by atoms with E-state index in [1.54, 1.807) is 0 Å². The van der Waals surface area contributed by atoms with E-state index in [0.29, 0.717) is 6.61 Å². The average Bonchev–Trinajstić information content (AvgIpc) is 2.86. The predicted molar refractivity (Wildman–Crippen MR) is 90.9 cm³/mol. The van der Waals surface area contributed by atoms with E-state index in [4.69, 9.17) is 21.3 Å². The summed E-state index contributed by atoms with van der Waals surface area (Å²) >= 11 is 6.12. The number of fused-ring (bicyclic) bond motifs is 1. The highest BCUT2D eigenvalue weighted by Gasteiger charge is 2.20. The maximum Gasteiger partial charge on any atom is 0.206 e. The molecular weight excluding hydrogens is 300 g/mol. The number of benzene rings is 1. The fraction of sp³-hybridized carbons (Fsp3) is 0.562. The summed E-state index contributed by atoms with van der Waals surface area (Å²) in [4.78, 5) is 9.54. The largest absolute Gasteiger partial charge is 0.380 e. The molecule has 5 nitrogen and oxygen atoms in total. The summed E-state index contributed by atoms with van der Waals surface area (Å²) in [5.74, 6) is 1.03. The van der Waals surface area contributed by atoms with Crippen molar-refractivity contribution in [1.82, 2.24) is 14.5 Å². The molecule has 1 aromatic heterocycles. The van der Waals surface area contributed by atoms with E-state index in [1.165, 1.54) is 0 Å². The minimum Gasteiger partial charge on any atom is -0.380 e. The summed E-state index contributed by atoms with van der Waals surface area (Å²) < 4.78 is 7.79. The van der Waals surface area contributed by atoms with E-state index < -0.39 is 0 Å². The predicted octanol–water partition coefficient (Wildman–Crippen LogP) is 2.48. The van der Waals surface area contributed by atoms with E-state index in [0.717, 1.165) is 61.3 Å². The second kappa shape index (κ2) is 6.86. The summed E-state index contributed by atoms with van der Waals surface area (Å²) in [5, 5.41) is 0.729. The summed E-state index contributed by atoms with van der Waals surface area (Å²) in [6.07, 6.45) is 0. The molecule has 0 amide bonds. The molecule has 1 aliphatic rings. The van der Waals surface area contributed by atoms with Crippen LogP contribution < -0.4 is 4.90 Å². The first-order valence-electron chi connectivity index (χ1n) is 7.86. The Morgan fingerprint density at radius 2 is 2.00 bits per heavy atom. The monoisotopic (exact) mass is 322 g/mol. The Balaban J connectivity index is 1.93. The van der Waals surface area contributed by atoms with Crippen molar-refractivity contribution in [1.29, 1.82) is 0 Å². The van der Waals surface area contributed by atoms with E-state index in [2.05, 4.69) is 27.5 Å². The molecular formula is C16H23ClN4O. The topological polar surface area (TPSA) is 33.5 Å². The Morgan fingerprint density at radius 3 is 2.73 bits per heavy atom. The molecule has 0 aliphatic carbocycles. The summed E-state index contributed by atoms with van der Waals surface area (Å²) in [6.45, 7) is 8.41. The van der Waals surface area contributed by atoms with Gasteiger partial charge in [0.2, 0.25) is 5.95 Å². The third-order valence-corrected chi connectivity index (χ3v) is 4.37. The summed E-state index contributed by atoms with van der Waals surface area (Å²) in [7, 11) is 2.16. The highest BCUT2D eigenvalue weighted by Crippen LogP contribution is 2.26. The molecule has 0 N–H and O–H groups in total. The molecule has 3 rings (SSSR count). The number of ether oxygens (including phenoxy) is 1.